The highest BCUT2D eigenvalue weighted by atomic mass is 16.5. The van der Waals surface area contributed by atoms with Crippen molar-refractivity contribution in [1.82, 2.24) is 20.1 Å². The van der Waals surface area contributed by atoms with E-state index in [1.54, 1.807) is 13.3 Å². The quantitative estimate of drug-likeness (QED) is 0.761. The summed E-state index contributed by atoms with van der Waals surface area (Å²) in [6.45, 7) is 1.55. The molecule has 0 amide bonds. The van der Waals surface area contributed by atoms with Gasteiger partial charge in [0.25, 0.3) is 0 Å². The van der Waals surface area contributed by atoms with Gasteiger partial charge in [0.1, 0.15) is 5.75 Å². The molecule has 23 heavy (non-hydrogen) atoms. The molecule has 0 aliphatic heterocycles. The molecule has 0 aliphatic carbocycles. The Balaban J connectivity index is 1.66. The molecule has 0 bridgehead atoms. The lowest BCUT2D eigenvalue weighted by Gasteiger charge is -2.06. The number of pyridine rings is 1. The van der Waals surface area contributed by atoms with E-state index in [0.717, 1.165) is 35.7 Å². The molecule has 5 nitrogen and oxygen atoms in total. The molecule has 0 unspecified atom stereocenters. The molecule has 2 aromatic heterocycles. The number of aryl methyl sites for hydroxylation is 1. The molecule has 1 N–H and O–H groups in total. The Kier molecular flexibility index (Phi) is 4.68. The molecule has 0 saturated carbocycles. The molecule has 5 heteroatoms. The zero-order valence-electron chi connectivity index (χ0n) is 13.4. The molecule has 0 aliphatic rings. The van der Waals surface area contributed by atoms with Crippen LogP contribution in [0.3, 0.4) is 0 Å². The summed E-state index contributed by atoms with van der Waals surface area (Å²) in [6, 6.07) is 12.0. The van der Waals surface area contributed by atoms with Crippen LogP contribution in [-0.2, 0) is 20.1 Å². The first kappa shape index (κ1) is 15.2. The van der Waals surface area contributed by atoms with Gasteiger partial charge in [-0.3, -0.25) is 9.67 Å². The van der Waals surface area contributed by atoms with Gasteiger partial charge in [0, 0.05) is 49.9 Å². The number of hydrogen-bond donors (Lipinski definition) is 1. The highest BCUT2D eigenvalue weighted by Gasteiger charge is 2.09. The Hall–Kier alpha value is -2.66. The normalized spacial score (nSPS) is 10.7. The van der Waals surface area contributed by atoms with Gasteiger partial charge in [-0.15, -0.1) is 0 Å². The first-order valence-corrected chi connectivity index (χ1v) is 7.53. The van der Waals surface area contributed by atoms with Crippen molar-refractivity contribution in [2.24, 2.45) is 7.05 Å². The molecule has 2 heterocycles. The maximum atomic E-state index is 5.17. The van der Waals surface area contributed by atoms with Crippen LogP contribution in [0.4, 0.5) is 0 Å². The number of aromatic nitrogens is 3. The molecule has 3 rings (SSSR count). The first-order chi connectivity index (χ1) is 11.3. The minimum Gasteiger partial charge on any atom is -0.497 e. The zero-order chi connectivity index (χ0) is 16.1. The zero-order valence-corrected chi connectivity index (χ0v) is 13.4. The highest BCUT2D eigenvalue weighted by Crippen LogP contribution is 2.20. The second kappa shape index (κ2) is 7.07. The Labute approximate surface area is 135 Å². The van der Waals surface area contributed by atoms with Gasteiger partial charge in [0.15, 0.2) is 0 Å². The van der Waals surface area contributed by atoms with E-state index >= 15 is 0 Å². The monoisotopic (exact) mass is 308 g/mol. The standard InChI is InChI=1S/C18H20N4O/c1-22-13-16(18(21-22)15-4-3-9-19-11-15)12-20-10-14-5-7-17(23-2)8-6-14/h3-9,11,13,20H,10,12H2,1-2H3. The molecule has 0 saturated heterocycles. The van der Waals surface area contributed by atoms with Crippen molar-refractivity contribution >= 4 is 0 Å². The van der Waals surface area contributed by atoms with E-state index < -0.39 is 0 Å². The second-order valence-electron chi connectivity index (χ2n) is 5.37. The maximum absolute atomic E-state index is 5.17. The fourth-order valence-corrected chi connectivity index (χ4v) is 2.50. The highest BCUT2D eigenvalue weighted by molar-refractivity contribution is 5.61. The Morgan fingerprint density at radius 1 is 1.13 bits per heavy atom. The van der Waals surface area contributed by atoms with E-state index in [-0.39, 0.29) is 0 Å². The summed E-state index contributed by atoms with van der Waals surface area (Å²) in [6.07, 6.45) is 5.66. The van der Waals surface area contributed by atoms with Crippen molar-refractivity contribution in [2.75, 3.05) is 7.11 Å². The van der Waals surface area contributed by atoms with Crippen LogP contribution in [0, 0.1) is 0 Å². The van der Waals surface area contributed by atoms with Crippen LogP contribution >= 0.6 is 0 Å². The lowest BCUT2D eigenvalue weighted by atomic mass is 10.1. The SMILES string of the molecule is COc1ccc(CNCc2cn(C)nc2-c2cccnc2)cc1. The van der Waals surface area contributed by atoms with Gasteiger partial charge in [-0.25, -0.2) is 0 Å². The third kappa shape index (κ3) is 3.76. The summed E-state index contributed by atoms with van der Waals surface area (Å²) in [7, 11) is 3.61. The van der Waals surface area contributed by atoms with E-state index in [0.29, 0.717) is 0 Å². The van der Waals surface area contributed by atoms with E-state index in [1.807, 2.05) is 48.4 Å². The number of hydrogen-bond acceptors (Lipinski definition) is 4. The number of rotatable bonds is 6. The van der Waals surface area contributed by atoms with Gasteiger partial charge in [-0.05, 0) is 29.8 Å². The molecular formula is C18H20N4O. The fourth-order valence-electron chi connectivity index (χ4n) is 2.50. The predicted octanol–water partition coefficient (Wildman–Crippen LogP) is 2.78. The van der Waals surface area contributed by atoms with Gasteiger partial charge in [0.05, 0.1) is 12.8 Å². The van der Waals surface area contributed by atoms with E-state index in [2.05, 4.69) is 27.5 Å². The second-order valence-corrected chi connectivity index (χ2v) is 5.37. The third-order valence-electron chi connectivity index (χ3n) is 3.64. The van der Waals surface area contributed by atoms with Gasteiger partial charge in [0.2, 0.25) is 0 Å². The summed E-state index contributed by atoms with van der Waals surface area (Å²) in [4.78, 5) is 4.17. The molecule has 1 aromatic carbocycles. The number of ether oxygens (including phenoxy) is 1. The molecule has 0 spiro atoms. The van der Waals surface area contributed by atoms with E-state index in [4.69, 9.17) is 4.74 Å². The summed E-state index contributed by atoms with van der Waals surface area (Å²) in [5.74, 6) is 0.875. The van der Waals surface area contributed by atoms with Gasteiger partial charge >= 0.3 is 0 Å². The van der Waals surface area contributed by atoms with Crippen LogP contribution in [0.2, 0.25) is 0 Å². The summed E-state index contributed by atoms with van der Waals surface area (Å²) in [5, 5.41) is 8.01. The van der Waals surface area contributed by atoms with Crippen molar-refractivity contribution in [2.45, 2.75) is 13.1 Å². The molecule has 118 valence electrons. The van der Waals surface area contributed by atoms with Crippen LogP contribution in [0.1, 0.15) is 11.1 Å². The van der Waals surface area contributed by atoms with Crippen LogP contribution in [0.5, 0.6) is 5.75 Å². The summed E-state index contributed by atoms with van der Waals surface area (Å²) < 4.78 is 7.01. The van der Waals surface area contributed by atoms with E-state index in [1.165, 1.54) is 5.56 Å². The summed E-state index contributed by atoms with van der Waals surface area (Å²) in [5.41, 5.74) is 4.39. The lowest BCUT2D eigenvalue weighted by Crippen LogP contribution is -2.12. The van der Waals surface area contributed by atoms with Crippen molar-refractivity contribution in [3.8, 4) is 17.0 Å². The van der Waals surface area contributed by atoms with Crippen molar-refractivity contribution in [1.29, 1.82) is 0 Å². The van der Waals surface area contributed by atoms with E-state index in [9.17, 15) is 0 Å². The van der Waals surface area contributed by atoms with Crippen molar-refractivity contribution in [3.05, 3.63) is 66.1 Å². The Morgan fingerprint density at radius 3 is 2.65 bits per heavy atom. The summed E-state index contributed by atoms with van der Waals surface area (Å²) >= 11 is 0. The average Bonchev–Trinajstić information content (AvgIpc) is 2.97. The lowest BCUT2D eigenvalue weighted by molar-refractivity contribution is 0.414. The Bertz CT molecular complexity index is 750. The number of methoxy groups -OCH3 is 1. The van der Waals surface area contributed by atoms with Crippen molar-refractivity contribution < 1.29 is 4.74 Å². The van der Waals surface area contributed by atoms with Crippen LogP contribution in [-0.4, -0.2) is 21.9 Å². The smallest absolute Gasteiger partial charge is 0.118 e. The van der Waals surface area contributed by atoms with Gasteiger partial charge < -0.3 is 10.1 Å². The van der Waals surface area contributed by atoms with Crippen LogP contribution in [0.25, 0.3) is 11.3 Å². The topological polar surface area (TPSA) is 52.0 Å². The third-order valence-corrected chi connectivity index (χ3v) is 3.64. The largest absolute Gasteiger partial charge is 0.497 e. The van der Waals surface area contributed by atoms with Crippen LogP contribution in [0.15, 0.2) is 55.0 Å². The van der Waals surface area contributed by atoms with Gasteiger partial charge in [-0.2, -0.15) is 5.10 Å². The average molecular weight is 308 g/mol. The first-order valence-electron chi connectivity index (χ1n) is 7.53. The minimum atomic E-state index is 0.754. The van der Waals surface area contributed by atoms with Crippen LogP contribution < -0.4 is 10.1 Å². The molecule has 3 aromatic rings. The minimum absolute atomic E-state index is 0.754. The number of nitrogens with one attached hydrogen (secondary N) is 1. The molecule has 0 atom stereocenters. The molecule has 0 radical (unpaired) electrons. The number of benzene rings is 1. The molecular weight excluding hydrogens is 288 g/mol. The Morgan fingerprint density at radius 2 is 1.96 bits per heavy atom. The maximum Gasteiger partial charge on any atom is 0.118 e. The number of nitrogens with zero attached hydrogens (tertiary/aromatic N) is 3. The fraction of sp³-hybridized carbons (Fsp3) is 0.222. The van der Waals surface area contributed by atoms with Gasteiger partial charge in [-0.1, -0.05) is 12.1 Å². The predicted molar refractivity (Wildman–Crippen MR) is 90.0 cm³/mol. The van der Waals surface area contributed by atoms with Crippen molar-refractivity contribution in [3.63, 3.8) is 0 Å². The molecule has 0 fully saturated rings.